The average Bonchev–Trinajstić information content (AvgIpc) is 2.86. The number of benzene rings is 1. The van der Waals surface area contributed by atoms with Gasteiger partial charge in [0.05, 0.1) is 6.61 Å². The maximum atomic E-state index is 5.49. The lowest BCUT2D eigenvalue weighted by atomic mass is 10.2. The molecule has 5 heteroatoms. The average molecular weight is 277 g/mol. The van der Waals surface area contributed by atoms with E-state index in [1.165, 1.54) is 11.5 Å². The van der Waals surface area contributed by atoms with Gasteiger partial charge in [0.15, 0.2) is 5.82 Å². The van der Waals surface area contributed by atoms with E-state index >= 15 is 0 Å². The summed E-state index contributed by atoms with van der Waals surface area (Å²) in [5.74, 6) is 2.19. The van der Waals surface area contributed by atoms with Crippen LogP contribution in [0.5, 0.6) is 5.75 Å². The number of hydrogen-bond donors (Lipinski definition) is 1. The Hall–Kier alpha value is -1.62. The summed E-state index contributed by atoms with van der Waals surface area (Å²) in [7, 11) is 0. The zero-order valence-electron chi connectivity index (χ0n) is 11.5. The highest BCUT2D eigenvalue weighted by molar-refractivity contribution is 7.09. The molecule has 0 atom stereocenters. The van der Waals surface area contributed by atoms with Crippen molar-refractivity contribution >= 4 is 16.7 Å². The minimum atomic E-state index is 0.591. The van der Waals surface area contributed by atoms with Crippen molar-refractivity contribution in [2.45, 2.75) is 20.8 Å². The molecule has 0 aliphatic carbocycles. The Bertz CT molecular complexity index is 525. The Balaban J connectivity index is 2.11. The molecule has 2 rings (SSSR count). The van der Waals surface area contributed by atoms with Crippen LogP contribution in [0.3, 0.4) is 0 Å². The summed E-state index contributed by atoms with van der Waals surface area (Å²) in [5, 5.41) is 4.15. The van der Waals surface area contributed by atoms with Crippen molar-refractivity contribution in [2.24, 2.45) is 5.92 Å². The van der Waals surface area contributed by atoms with Crippen molar-refractivity contribution < 1.29 is 4.74 Å². The minimum Gasteiger partial charge on any atom is -0.494 e. The third-order valence-corrected chi connectivity index (χ3v) is 3.16. The molecule has 4 nitrogen and oxygen atoms in total. The van der Waals surface area contributed by atoms with Gasteiger partial charge in [0.2, 0.25) is 5.13 Å². The maximum absolute atomic E-state index is 5.49. The van der Waals surface area contributed by atoms with E-state index in [0.717, 1.165) is 28.8 Å². The first-order chi connectivity index (χ1) is 9.19. The topological polar surface area (TPSA) is 47.0 Å². The zero-order chi connectivity index (χ0) is 13.7. The monoisotopic (exact) mass is 277 g/mol. The first-order valence-electron chi connectivity index (χ1n) is 6.50. The standard InChI is InChI=1S/C14H19N3OS/c1-4-18-12-7-5-6-11(8-12)13-16-14(19-17-13)15-9-10(2)3/h5-8,10H,4,9H2,1-3H3,(H,15,16,17). The summed E-state index contributed by atoms with van der Waals surface area (Å²) in [4.78, 5) is 4.49. The van der Waals surface area contributed by atoms with Crippen LogP contribution < -0.4 is 10.1 Å². The van der Waals surface area contributed by atoms with Gasteiger partial charge in [-0.05, 0) is 25.0 Å². The Morgan fingerprint density at radius 3 is 2.95 bits per heavy atom. The fraction of sp³-hybridized carbons (Fsp3) is 0.429. The first kappa shape index (κ1) is 13.8. The summed E-state index contributed by atoms with van der Waals surface area (Å²) in [5.41, 5.74) is 0.986. The molecule has 1 aromatic heterocycles. The lowest BCUT2D eigenvalue weighted by Gasteiger charge is -2.04. The summed E-state index contributed by atoms with van der Waals surface area (Å²) in [6, 6.07) is 7.87. The summed E-state index contributed by atoms with van der Waals surface area (Å²) < 4.78 is 9.86. The van der Waals surface area contributed by atoms with Gasteiger partial charge in [-0.3, -0.25) is 0 Å². The Morgan fingerprint density at radius 2 is 2.21 bits per heavy atom. The van der Waals surface area contributed by atoms with E-state index in [-0.39, 0.29) is 0 Å². The molecule has 0 fully saturated rings. The summed E-state index contributed by atoms with van der Waals surface area (Å²) >= 11 is 1.39. The van der Waals surface area contributed by atoms with Crippen LogP contribution in [-0.4, -0.2) is 22.5 Å². The molecule has 1 heterocycles. The largest absolute Gasteiger partial charge is 0.494 e. The molecule has 0 bridgehead atoms. The normalized spacial score (nSPS) is 10.7. The van der Waals surface area contributed by atoms with Crippen molar-refractivity contribution in [2.75, 3.05) is 18.5 Å². The van der Waals surface area contributed by atoms with Crippen LogP contribution in [0.2, 0.25) is 0 Å². The van der Waals surface area contributed by atoms with Crippen LogP contribution >= 0.6 is 11.5 Å². The molecule has 19 heavy (non-hydrogen) atoms. The van der Waals surface area contributed by atoms with Gasteiger partial charge in [-0.25, -0.2) is 0 Å². The van der Waals surface area contributed by atoms with Gasteiger partial charge in [-0.1, -0.05) is 26.0 Å². The molecule has 0 unspecified atom stereocenters. The number of ether oxygens (including phenoxy) is 1. The predicted octanol–water partition coefficient (Wildman–Crippen LogP) is 3.67. The fourth-order valence-corrected chi connectivity index (χ4v) is 2.19. The van der Waals surface area contributed by atoms with Crippen molar-refractivity contribution in [1.29, 1.82) is 0 Å². The minimum absolute atomic E-state index is 0.591. The van der Waals surface area contributed by atoms with Crippen molar-refractivity contribution in [3.05, 3.63) is 24.3 Å². The van der Waals surface area contributed by atoms with E-state index in [4.69, 9.17) is 4.74 Å². The van der Waals surface area contributed by atoms with Crippen molar-refractivity contribution in [1.82, 2.24) is 9.36 Å². The predicted molar refractivity (Wildman–Crippen MR) is 79.8 cm³/mol. The molecular weight excluding hydrogens is 258 g/mol. The molecule has 0 saturated carbocycles. The molecular formula is C14H19N3OS. The van der Waals surface area contributed by atoms with E-state index in [0.29, 0.717) is 12.5 Å². The van der Waals surface area contributed by atoms with Crippen LogP contribution in [0.15, 0.2) is 24.3 Å². The molecule has 0 spiro atoms. The highest BCUT2D eigenvalue weighted by Crippen LogP contribution is 2.24. The van der Waals surface area contributed by atoms with Gasteiger partial charge >= 0.3 is 0 Å². The number of aromatic nitrogens is 2. The number of hydrogen-bond acceptors (Lipinski definition) is 5. The second-order valence-electron chi connectivity index (χ2n) is 4.66. The van der Waals surface area contributed by atoms with E-state index in [1.807, 2.05) is 31.2 Å². The summed E-state index contributed by atoms with van der Waals surface area (Å²) in [6.45, 7) is 7.88. The first-order valence-corrected chi connectivity index (χ1v) is 7.27. The molecule has 0 aliphatic heterocycles. The third-order valence-electron chi connectivity index (χ3n) is 2.49. The number of anilines is 1. The molecule has 0 aliphatic rings. The smallest absolute Gasteiger partial charge is 0.202 e. The van der Waals surface area contributed by atoms with E-state index in [1.54, 1.807) is 0 Å². The van der Waals surface area contributed by atoms with Gasteiger partial charge in [0, 0.05) is 23.6 Å². The van der Waals surface area contributed by atoms with Gasteiger partial charge < -0.3 is 10.1 Å². The number of rotatable bonds is 6. The second kappa shape index (κ2) is 6.52. The fourth-order valence-electron chi connectivity index (χ4n) is 1.60. The molecule has 1 aromatic carbocycles. The van der Waals surface area contributed by atoms with Gasteiger partial charge in [-0.2, -0.15) is 9.36 Å². The number of nitrogens with zero attached hydrogens (tertiary/aromatic N) is 2. The second-order valence-corrected chi connectivity index (χ2v) is 5.41. The van der Waals surface area contributed by atoms with Crippen molar-refractivity contribution in [3.63, 3.8) is 0 Å². The highest BCUT2D eigenvalue weighted by Gasteiger charge is 2.07. The van der Waals surface area contributed by atoms with Crippen LogP contribution in [0.1, 0.15) is 20.8 Å². The quantitative estimate of drug-likeness (QED) is 0.875. The van der Waals surface area contributed by atoms with E-state index in [9.17, 15) is 0 Å². The van der Waals surface area contributed by atoms with Crippen LogP contribution in [0.25, 0.3) is 11.4 Å². The molecule has 1 N–H and O–H groups in total. The van der Waals surface area contributed by atoms with Crippen molar-refractivity contribution in [3.8, 4) is 17.1 Å². The molecule has 0 saturated heterocycles. The molecule has 102 valence electrons. The SMILES string of the molecule is CCOc1cccc(-c2nsc(NCC(C)C)n2)c1. The Kier molecular flexibility index (Phi) is 4.74. The lowest BCUT2D eigenvalue weighted by Crippen LogP contribution is -2.07. The third kappa shape index (κ3) is 3.92. The van der Waals surface area contributed by atoms with E-state index in [2.05, 4.69) is 28.5 Å². The molecule has 0 radical (unpaired) electrons. The van der Waals surface area contributed by atoms with Gasteiger partial charge in [0.25, 0.3) is 0 Å². The highest BCUT2D eigenvalue weighted by atomic mass is 32.1. The number of nitrogens with one attached hydrogen (secondary N) is 1. The van der Waals surface area contributed by atoms with Gasteiger partial charge in [0.1, 0.15) is 5.75 Å². The van der Waals surface area contributed by atoms with Crippen LogP contribution in [-0.2, 0) is 0 Å². The molecule has 0 amide bonds. The summed E-state index contributed by atoms with van der Waals surface area (Å²) in [6.07, 6.45) is 0. The van der Waals surface area contributed by atoms with E-state index < -0.39 is 0 Å². The Morgan fingerprint density at radius 1 is 1.37 bits per heavy atom. The van der Waals surface area contributed by atoms with Crippen LogP contribution in [0.4, 0.5) is 5.13 Å². The lowest BCUT2D eigenvalue weighted by molar-refractivity contribution is 0.340. The zero-order valence-corrected chi connectivity index (χ0v) is 12.3. The molecule has 2 aromatic rings. The Labute approximate surface area is 118 Å². The van der Waals surface area contributed by atoms with Crippen LogP contribution in [0, 0.1) is 5.92 Å². The van der Waals surface area contributed by atoms with Gasteiger partial charge in [-0.15, -0.1) is 0 Å². The maximum Gasteiger partial charge on any atom is 0.202 e.